The minimum Gasteiger partial charge on any atom is -0.391 e. The maximum absolute atomic E-state index is 8.39. The molecular formula is C5H16NO+3. The van der Waals surface area contributed by atoms with Crippen molar-refractivity contribution in [2.24, 2.45) is 0 Å². The summed E-state index contributed by atoms with van der Waals surface area (Å²) in [7, 11) is 6.16. The fraction of sp³-hybridized carbons (Fsp3) is 1.00. The van der Waals surface area contributed by atoms with Gasteiger partial charge in [0.15, 0.2) is 0 Å². The van der Waals surface area contributed by atoms with Gasteiger partial charge in [-0.1, -0.05) is 0 Å². The number of quaternary nitrogens is 1. The van der Waals surface area contributed by atoms with Crippen molar-refractivity contribution in [3.05, 3.63) is 0 Å². The second kappa shape index (κ2) is 2.28. The maximum Gasteiger partial charge on any atom is 1.00 e. The Morgan fingerprint density at radius 1 is 1.43 bits per heavy atom. The molecule has 0 fully saturated rings. The highest BCUT2D eigenvalue weighted by Gasteiger charge is 2.02. The molecular weight excluding hydrogens is 90.1 g/mol. The van der Waals surface area contributed by atoms with E-state index in [1.807, 2.05) is 0 Å². The Morgan fingerprint density at radius 2 is 1.86 bits per heavy atom. The molecule has 1 N–H and O–H groups in total. The van der Waals surface area contributed by atoms with E-state index in [-0.39, 0.29) is 9.46 Å². The SMILES string of the molecule is C[N+](C)(C)CCO.[H+].[H+]. The average molecular weight is 106 g/mol. The molecule has 2 nitrogen and oxygen atoms in total. The van der Waals surface area contributed by atoms with Crippen LogP contribution in [0.15, 0.2) is 0 Å². The maximum atomic E-state index is 8.39. The number of hydrogen-bond acceptors (Lipinski definition) is 1. The van der Waals surface area contributed by atoms with Gasteiger partial charge in [0.2, 0.25) is 0 Å². The van der Waals surface area contributed by atoms with E-state index in [1.54, 1.807) is 0 Å². The Hall–Kier alpha value is -0.0800. The first-order valence-electron chi connectivity index (χ1n) is 2.47. The molecule has 7 heavy (non-hydrogen) atoms. The second-order valence-corrected chi connectivity index (χ2v) is 2.74. The summed E-state index contributed by atoms with van der Waals surface area (Å²) >= 11 is 0. The van der Waals surface area contributed by atoms with Crippen molar-refractivity contribution in [2.45, 2.75) is 0 Å². The predicted molar refractivity (Wildman–Crippen MR) is 32.2 cm³/mol. The van der Waals surface area contributed by atoms with Crippen LogP contribution in [0.2, 0.25) is 0 Å². The van der Waals surface area contributed by atoms with Gasteiger partial charge in [-0.15, -0.1) is 0 Å². The van der Waals surface area contributed by atoms with Crippen molar-refractivity contribution in [3.63, 3.8) is 0 Å². The third-order valence-electron chi connectivity index (χ3n) is 0.771. The van der Waals surface area contributed by atoms with Crippen molar-refractivity contribution < 1.29 is 12.4 Å². The van der Waals surface area contributed by atoms with Gasteiger partial charge in [0.25, 0.3) is 0 Å². The van der Waals surface area contributed by atoms with Crippen LogP contribution in [0, 0.1) is 0 Å². The van der Waals surface area contributed by atoms with E-state index in [4.69, 9.17) is 5.11 Å². The third-order valence-corrected chi connectivity index (χ3v) is 0.771. The number of hydrogen-bond donors (Lipinski definition) is 1. The van der Waals surface area contributed by atoms with Gasteiger partial charge >= 0.3 is 2.85 Å². The van der Waals surface area contributed by atoms with Gasteiger partial charge in [-0.05, 0) is 0 Å². The van der Waals surface area contributed by atoms with Gasteiger partial charge in [-0.25, -0.2) is 0 Å². The van der Waals surface area contributed by atoms with Crippen molar-refractivity contribution in [1.82, 2.24) is 0 Å². The molecule has 0 unspecified atom stereocenters. The topological polar surface area (TPSA) is 20.2 Å². The summed E-state index contributed by atoms with van der Waals surface area (Å²) in [6.45, 7) is 1.11. The first-order chi connectivity index (χ1) is 3.06. The molecule has 0 aromatic rings. The van der Waals surface area contributed by atoms with E-state index in [1.165, 1.54) is 0 Å². The van der Waals surface area contributed by atoms with Gasteiger partial charge in [0, 0.05) is 0 Å². The van der Waals surface area contributed by atoms with Gasteiger partial charge in [0.05, 0.1) is 27.7 Å². The van der Waals surface area contributed by atoms with E-state index in [2.05, 4.69) is 21.1 Å². The van der Waals surface area contributed by atoms with Gasteiger partial charge in [0.1, 0.15) is 6.54 Å². The first-order valence-corrected chi connectivity index (χ1v) is 2.47. The summed E-state index contributed by atoms with van der Waals surface area (Å²) in [4.78, 5) is 0. The number of rotatable bonds is 2. The summed E-state index contributed by atoms with van der Waals surface area (Å²) in [5, 5.41) is 8.39. The molecule has 0 aromatic heterocycles. The zero-order valence-electron chi connectivity index (χ0n) is 7.31. The van der Waals surface area contributed by atoms with Crippen molar-refractivity contribution in [1.29, 1.82) is 0 Å². The summed E-state index contributed by atoms with van der Waals surface area (Å²) < 4.78 is 0.844. The molecule has 0 aliphatic rings. The summed E-state index contributed by atoms with van der Waals surface area (Å²) in [6, 6.07) is 0. The molecule has 44 valence electrons. The van der Waals surface area contributed by atoms with Crippen LogP contribution in [0.3, 0.4) is 0 Å². The Kier molecular flexibility index (Phi) is 2.26. The smallest absolute Gasteiger partial charge is 0.391 e. The lowest BCUT2D eigenvalue weighted by atomic mass is 10.5. The molecule has 0 rings (SSSR count). The van der Waals surface area contributed by atoms with Crippen molar-refractivity contribution in [2.75, 3.05) is 34.3 Å². The van der Waals surface area contributed by atoms with Crippen LogP contribution < -0.4 is 0 Å². The molecule has 0 amide bonds. The van der Waals surface area contributed by atoms with Crippen molar-refractivity contribution in [3.8, 4) is 0 Å². The third kappa shape index (κ3) is 5.92. The average Bonchev–Trinajstić information content (AvgIpc) is 1.30. The lowest BCUT2D eigenvalue weighted by Crippen LogP contribution is -2.36. The second-order valence-electron chi connectivity index (χ2n) is 2.74. The van der Waals surface area contributed by atoms with E-state index in [0.717, 1.165) is 11.0 Å². The lowest BCUT2D eigenvalue weighted by Gasteiger charge is -2.21. The molecule has 0 aliphatic heterocycles. The molecule has 0 atom stereocenters. The molecule has 0 saturated heterocycles. The van der Waals surface area contributed by atoms with Gasteiger partial charge in [-0.2, -0.15) is 0 Å². The van der Waals surface area contributed by atoms with Crippen LogP contribution in [0.5, 0.6) is 0 Å². The minimum atomic E-state index is 0. The summed E-state index contributed by atoms with van der Waals surface area (Å²) in [5.74, 6) is 0. The Bertz CT molecular complexity index is 53.4. The highest BCUT2D eigenvalue weighted by molar-refractivity contribution is 4.19. The summed E-state index contributed by atoms with van der Waals surface area (Å²) in [6.07, 6.45) is 0. The van der Waals surface area contributed by atoms with E-state index < -0.39 is 0 Å². The fourth-order valence-electron chi connectivity index (χ4n) is 0.300. The molecule has 0 bridgehead atoms. The Labute approximate surface area is 47.9 Å². The standard InChI is InChI=1S/C5H14NO/c1-6(2,3)4-5-7/h7H,4-5H2,1-3H3/q+1/p+2. The quantitative estimate of drug-likeness (QED) is 0.488. The fourth-order valence-corrected chi connectivity index (χ4v) is 0.300. The lowest BCUT2D eigenvalue weighted by molar-refractivity contribution is -0.870. The first kappa shape index (κ1) is 6.92. The largest absolute Gasteiger partial charge is 1.00 e. The van der Waals surface area contributed by atoms with Crippen LogP contribution in [-0.2, 0) is 0 Å². The van der Waals surface area contributed by atoms with Crippen LogP contribution in [0.4, 0.5) is 0 Å². The van der Waals surface area contributed by atoms with Crippen LogP contribution in [0.1, 0.15) is 2.85 Å². The molecule has 0 heterocycles. The highest BCUT2D eigenvalue weighted by atomic mass is 16.3. The number of nitrogens with zero attached hydrogens (tertiary/aromatic N) is 1. The Morgan fingerprint density at radius 3 is 1.86 bits per heavy atom. The Balaban J connectivity index is -0.000000180. The monoisotopic (exact) mass is 106 g/mol. The molecule has 0 aliphatic carbocycles. The molecule has 2 heteroatoms. The molecule has 0 spiro atoms. The highest BCUT2D eigenvalue weighted by Crippen LogP contribution is 1.84. The normalized spacial score (nSPS) is 12.0. The van der Waals surface area contributed by atoms with E-state index >= 15 is 0 Å². The minimum absolute atomic E-state index is 0. The van der Waals surface area contributed by atoms with Crippen LogP contribution in [0.25, 0.3) is 0 Å². The van der Waals surface area contributed by atoms with E-state index in [9.17, 15) is 0 Å². The zero-order chi connectivity index (χ0) is 5.91. The van der Waals surface area contributed by atoms with Crippen molar-refractivity contribution >= 4 is 0 Å². The number of aliphatic hydroxyl groups is 1. The van der Waals surface area contributed by atoms with Gasteiger partial charge in [-0.3, -0.25) is 0 Å². The molecule has 0 saturated carbocycles. The molecule has 0 radical (unpaired) electrons. The van der Waals surface area contributed by atoms with Crippen LogP contribution >= 0.6 is 0 Å². The van der Waals surface area contributed by atoms with Crippen LogP contribution in [-0.4, -0.2) is 43.9 Å². The number of aliphatic hydroxyl groups excluding tert-OH is 1. The molecule has 0 aromatic carbocycles. The predicted octanol–water partition coefficient (Wildman–Crippen LogP) is -0.0901. The zero-order valence-corrected chi connectivity index (χ0v) is 5.31. The van der Waals surface area contributed by atoms with E-state index in [0.29, 0.717) is 0 Å². The van der Waals surface area contributed by atoms with Gasteiger partial charge < -0.3 is 9.59 Å². The number of likely N-dealkylation sites (N-methyl/N-ethyl adjacent to an activating group) is 1. The summed E-state index contributed by atoms with van der Waals surface area (Å²) in [5.41, 5.74) is 0.